The Balaban J connectivity index is 2.72. The first kappa shape index (κ1) is 8.14. The molecule has 0 fully saturated rings. The minimum Gasteiger partial charge on any atom is -0.300 e. The maximum atomic E-state index is 10.6. The lowest BCUT2D eigenvalue weighted by Gasteiger charge is -1.86. The van der Waals surface area contributed by atoms with E-state index in [1.807, 2.05) is 6.07 Å². The molecule has 0 saturated heterocycles. The van der Waals surface area contributed by atoms with Gasteiger partial charge in [0.05, 0.1) is 4.88 Å². The summed E-state index contributed by atoms with van der Waals surface area (Å²) in [5.74, 6) is 0.129. The van der Waals surface area contributed by atoms with Gasteiger partial charge in [0.1, 0.15) is 5.78 Å². The molecule has 1 heterocycles. The van der Waals surface area contributed by atoms with Crippen LogP contribution in [0.1, 0.15) is 21.5 Å². The zero-order chi connectivity index (χ0) is 8.27. The van der Waals surface area contributed by atoms with Gasteiger partial charge < -0.3 is 0 Å². The third-order valence-electron chi connectivity index (χ3n) is 1.22. The second kappa shape index (κ2) is 3.44. The quantitative estimate of drug-likeness (QED) is 0.643. The monoisotopic (exact) mass is 168 g/mol. The fourth-order valence-corrected chi connectivity index (χ4v) is 1.70. The fraction of sp³-hybridized carbons (Fsp3) is 0.250. The summed E-state index contributed by atoms with van der Waals surface area (Å²) in [6, 6.07) is 3.55. The summed E-state index contributed by atoms with van der Waals surface area (Å²) in [6.07, 6.45) is 1.24. The van der Waals surface area contributed by atoms with Crippen LogP contribution in [0, 0.1) is 0 Å². The highest BCUT2D eigenvalue weighted by molar-refractivity contribution is 7.13. The van der Waals surface area contributed by atoms with Crippen molar-refractivity contribution in [3.05, 3.63) is 21.9 Å². The van der Waals surface area contributed by atoms with E-state index in [1.165, 1.54) is 11.3 Å². The van der Waals surface area contributed by atoms with Crippen LogP contribution in [0.15, 0.2) is 12.1 Å². The van der Waals surface area contributed by atoms with Crippen LogP contribution in [-0.2, 0) is 11.2 Å². The number of carbonyl (C=O) groups excluding carboxylic acids is 2. The largest absolute Gasteiger partial charge is 0.300 e. The summed E-state index contributed by atoms with van der Waals surface area (Å²) in [7, 11) is 0. The molecule has 0 aromatic carbocycles. The molecule has 11 heavy (non-hydrogen) atoms. The Morgan fingerprint density at radius 1 is 1.64 bits per heavy atom. The van der Waals surface area contributed by atoms with Gasteiger partial charge in [-0.15, -0.1) is 11.3 Å². The molecule has 0 aliphatic rings. The topological polar surface area (TPSA) is 34.1 Å². The third kappa shape index (κ3) is 2.27. The normalized spacial score (nSPS) is 9.55. The van der Waals surface area contributed by atoms with Crippen molar-refractivity contribution in [2.75, 3.05) is 0 Å². The minimum absolute atomic E-state index is 0.129. The Labute approximate surface area is 68.9 Å². The van der Waals surface area contributed by atoms with E-state index in [-0.39, 0.29) is 5.78 Å². The first-order valence-electron chi connectivity index (χ1n) is 3.25. The van der Waals surface area contributed by atoms with Crippen molar-refractivity contribution in [2.45, 2.75) is 13.3 Å². The van der Waals surface area contributed by atoms with Gasteiger partial charge in [0.25, 0.3) is 0 Å². The molecule has 3 heteroatoms. The van der Waals surface area contributed by atoms with Crippen LogP contribution >= 0.6 is 11.3 Å². The third-order valence-corrected chi connectivity index (χ3v) is 2.23. The molecule has 0 radical (unpaired) electrons. The van der Waals surface area contributed by atoms with Crippen molar-refractivity contribution in [3.63, 3.8) is 0 Å². The zero-order valence-electron chi connectivity index (χ0n) is 6.16. The predicted molar refractivity (Wildman–Crippen MR) is 44.1 cm³/mol. The van der Waals surface area contributed by atoms with Crippen LogP contribution < -0.4 is 0 Å². The highest BCUT2D eigenvalue weighted by Crippen LogP contribution is 2.14. The van der Waals surface area contributed by atoms with Gasteiger partial charge in [-0.05, 0) is 19.1 Å². The Hall–Kier alpha value is -0.960. The summed E-state index contributed by atoms with van der Waals surface area (Å²) in [6.45, 7) is 1.54. The van der Waals surface area contributed by atoms with Crippen molar-refractivity contribution in [2.24, 2.45) is 0 Å². The van der Waals surface area contributed by atoms with Gasteiger partial charge in [0, 0.05) is 11.3 Å². The summed E-state index contributed by atoms with van der Waals surface area (Å²) in [4.78, 5) is 22.5. The van der Waals surface area contributed by atoms with Crippen molar-refractivity contribution < 1.29 is 9.59 Å². The Morgan fingerprint density at radius 2 is 2.36 bits per heavy atom. The van der Waals surface area contributed by atoms with Gasteiger partial charge in [-0.1, -0.05) is 0 Å². The lowest BCUT2D eigenvalue weighted by atomic mass is 10.3. The maximum Gasteiger partial charge on any atom is 0.160 e. The van der Waals surface area contributed by atoms with E-state index in [0.29, 0.717) is 11.3 Å². The molecule has 0 aliphatic carbocycles. The minimum atomic E-state index is 0.129. The van der Waals surface area contributed by atoms with Gasteiger partial charge in [-0.25, -0.2) is 0 Å². The van der Waals surface area contributed by atoms with Gasteiger partial charge in [-0.2, -0.15) is 0 Å². The first-order chi connectivity index (χ1) is 5.22. The Morgan fingerprint density at radius 3 is 2.82 bits per heavy atom. The molecule has 58 valence electrons. The number of ketones is 1. The van der Waals surface area contributed by atoms with Gasteiger partial charge >= 0.3 is 0 Å². The van der Waals surface area contributed by atoms with E-state index < -0.39 is 0 Å². The van der Waals surface area contributed by atoms with Crippen LogP contribution in [0.4, 0.5) is 0 Å². The Kier molecular flexibility index (Phi) is 2.54. The molecule has 0 aliphatic heterocycles. The van der Waals surface area contributed by atoms with Gasteiger partial charge in [0.2, 0.25) is 0 Å². The SMILES string of the molecule is CC(=O)Cc1ccc(C=O)s1. The fourth-order valence-electron chi connectivity index (χ4n) is 0.798. The highest BCUT2D eigenvalue weighted by Gasteiger charge is 2.00. The molecule has 0 N–H and O–H groups in total. The molecular formula is C8H8O2S. The van der Waals surface area contributed by atoms with E-state index in [4.69, 9.17) is 0 Å². The smallest absolute Gasteiger partial charge is 0.160 e. The summed E-state index contributed by atoms with van der Waals surface area (Å²) < 4.78 is 0. The number of hydrogen-bond donors (Lipinski definition) is 0. The molecule has 0 spiro atoms. The van der Waals surface area contributed by atoms with Crippen molar-refractivity contribution in [1.82, 2.24) is 0 Å². The lowest BCUT2D eigenvalue weighted by Crippen LogP contribution is -1.92. The van der Waals surface area contributed by atoms with Gasteiger partial charge in [-0.3, -0.25) is 9.59 Å². The van der Waals surface area contributed by atoms with E-state index in [0.717, 1.165) is 11.2 Å². The van der Waals surface area contributed by atoms with Crippen molar-refractivity contribution in [1.29, 1.82) is 0 Å². The van der Waals surface area contributed by atoms with Crippen molar-refractivity contribution >= 4 is 23.4 Å². The molecule has 2 nitrogen and oxygen atoms in total. The lowest BCUT2D eigenvalue weighted by molar-refractivity contribution is -0.116. The summed E-state index contributed by atoms with van der Waals surface area (Å²) in [5, 5.41) is 0. The molecule has 0 saturated carbocycles. The number of thiophene rings is 1. The molecule has 0 unspecified atom stereocenters. The number of Topliss-reactive ketones (excluding diaryl/α,β-unsaturated/α-hetero) is 1. The van der Waals surface area contributed by atoms with Crippen LogP contribution in [-0.4, -0.2) is 12.1 Å². The summed E-state index contributed by atoms with van der Waals surface area (Å²) >= 11 is 1.37. The highest BCUT2D eigenvalue weighted by atomic mass is 32.1. The van der Waals surface area contributed by atoms with E-state index in [9.17, 15) is 9.59 Å². The molecule has 1 aromatic rings. The average Bonchev–Trinajstić information content (AvgIpc) is 2.34. The molecule has 0 amide bonds. The Bertz CT molecular complexity index is 275. The summed E-state index contributed by atoms with van der Waals surface area (Å²) in [5.41, 5.74) is 0. The van der Waals surface area contributed by atoms with Crippen LogP contribution in [0.3, 0.4) is 0 Å². The number of carbonyl (C=O) groups is 2. The van der Waals surface area contributed by atoms with Crippen LogP contribution in [0.5, 0.6) is 0 Å². The van der Waals surface area contributed by atoms with Crippen molar-refractivity contribution in [3.8, 4) is 0 Å². The number of hydrogen-bond acceptors (Lipinski definition) is 3. The van der Waals surface area contributed by atoms with Crippen LogP contribution in [0.25, 0.3) is 0 Å². The molecular weight excluding hydrogens is 160 g/mol. The predicted octanol–water partition coefficient (Wildman–Crippen LogP) is 1.69. The second-order valence-corrected chi connectivity index (χ2v) is 3.50. The number of aldehydes is 1. The van der Waals surface area contributed by atoms with E-state index in [2.05, 4.69) is 0 Å². The second-order valence-electron chi connectivity index (χ2n) is 2.30. The standard InChI is InChI=1S/C8H8O2S/c1-6(10)4-7-2-3-8(5-9)11-7/h2-3,5H,4H2,1H3. The number of rotatable bonds is 3. The first-order valence-corrected chi connectivity index (χ1v) is 4.07. The van der Waals surface area contributed by atoms with E-state index >= 15 is 0 Å². The molecule has 0 bridgehead atoms. The molecule has 1 aromatic heterocycles. The molecule has 0 atom stereocenters. The average molecular weight is 168 g/mol. The molecule has 1 rings (SSSR count). The maximum absolute atomic E-state index is 10.6. The van der Waals surface area contributed by atoms with Crippen LogP contribution in [0.2, 0.25) is 0 Å². The zero-order valence-corrected chi connectivity index (χ0v) is 6.98. The van der Waals surface area contributed by atoms with E-state index in [1.54, 1.807) is 13.0 Å². The van der Waals surface area contributed by atoms with Gasteiger partial charge in [0.15, 0.2) is 6.29 Å².